The van der Waals surface area contributed by atoms with Crippen molar-refractivity contribution in [2.75, 3.05) is 0 Å². The molecule has 1 N–H and O–H groups in total. The fourth-order valence-corrected chi connectivity index (χ4v) is 1.90. The van der Waals surface area contributed by atoms with Gasteiger partial charge in [-0.05, 0) is 36.0 Å². The second kappa shape index (κ2) is 3.41. The summed E-state index contributed by atoms with van der Waals surface area (Å²) in [6.45, 7) is 8.97. The molecule has 15 heavy (non-hydrogen) atoms. The second-order valence-electron chi connectivity index (χ2n) is 4.97. The molecule has 2 rings (SSSR count). The third-order valence-electron chi connectivity index (χ3n) is 3.55. The van der Waals surface area contributed by atoms with Crippen molar-refractivity contribution in [2.45, 2.75) is 39.5 Å². The highest BCUT2D eigenvalue weighted by atomic mass is 14.7. The molecular weight excluding hydrogens is 182 g/mol. The van der Waals surface area contributed by atoms with Crippen molar-refractivity contribution in [1.29, 1.82) is 0 Å². The van der Waals surface area contributed by atoms with E-state index < -0.39 is 0 Å². The summed E-state index contributed by atoms with van der Waals surface area (Å²) in [5.41, 5.74) is 4.27. The van der Waals surface area contributed by atoms with Crippen molar-refractivity contribution in [3.05, 3.63) is 35.5 Å². The molecule has 0 radical (unpaired) electrons. The number of rotatable bonds is 2. The van der Waals surface area contributed by atoms with E-state index in [1.807, 2.05) is 0 Å². The van der Waals surface area contributed by atoms with E-state index >= 15 is 0 Å². The van der Waals surface area contributed by atoms with Crippen LogP contribution in [0.2, 0.25) is 0 Å². The smallest absolute Gasteiger partial charge is 0.0459 e. The molecule has 0 aliphatic heterocycles. The summed E-state index contributed by atoms with van der Waals surface area (Å²) in [5, 5.41) is 1.34. The Morgan fingerprint density at radius 2 is 2.00 bits per heavy atom. The third kappa shape index (κ3) is 1.67. The van der Waals surface area contributed by atoms with Crippen LogP contribution in [-0.2, 0) is 5.41 Å². The molecule has 0 aliphatic rings. The average molecular weight is 201 g/mol. The van der Waals surface area contributed by atoms with E-state index in [0.29, 0.717) is 0 Å². The summed E-state index contributed by atoms with van der Waals surface area (Å²) in [5.74, 6) is 0. The van der Waals surface area contributed by atoms with Gasteiger partial charge in [0.25, 0.3) is 0 Å². The second-order valence-corrected chi connectivity index (χ2v) is 4.97. The molecule has 0 aliphatic carbocycles. The summed E-state index contributed by atoms with van der Waals surface area (Å²) in [4.78, 5) is 3.32. The van der Waals surface area contributed by atoms with E-state index in [-0.39, 0.29) is 5.41 Å². The minimum Gasteiger partial charge on any atom is -0.361 e. The monoisotopic (exact) mass is 201 g/mol. The van der Waals surface area contributed by atoms with Crippen LogP contribution >= 0.6 is 0 Å². The van der Waals surface area contributed by atoms with Gasteiger partial charge in [-0.2, -0.15) is 0 Å². The number of hydrogen-bond donors (Lipinski definition) is 1. The number of nitrogens with one attached hydrogen (secondary N) is 1. The Morgan fingerprint density at radius 1 is 1.27 bits per heavy atom. The van der Waals surface area contributed by atoms with E-state index in [2.05, 4.69) is 57.1 Å². The van der Waals surface area contributed by atoms with E-state index in [4.69, 9.17) is 0 Å². The van der Waals surface area contributed by atoms with Crippen LogP contribution in [-0.4, -0.2) is 4.98 Å². The van der Waals surface area contributed by atoms with Crippen LogP contribution in [0.4, 0.5) is 0 Å². The highest BCUT2D eigenvalue weighted by Gasteiger charge is 2.18. The fourth-order valence-electron chi connectivity index (χ4n) is 1.90. The van der Waals surface area contributed by atoms with Crippen molar-refractivity contribution in [1.82, 2.24) is 4.98 Å². The Hall–Kier alpha value is -1.24. The Balaban J connectivity index is 2.57. The number of fused-ring (bicyclic) bond motifs is 1. The molecular formula is C14H19N. The molecule has 80 valence electrons. The first-order valence-electron chi connectivity index (χ1n) is 5.63. The molecule has 0 saturated heterocycles. The molecule has 1 heterocycles. The minimum atomic E-state index is 0.271. The van der Waals surface area contributed by atoms with Crippen LogP contribution in [0.5, 0.6) is 0 Å². The van der Waals surface area contributed by atoms with Crippen molar-refractivity contribution in [3.8, 4) is 0 Å². The van der Waals surface area contributed by atoms with Crippen molar-refractivity contribution in [2.24, 2.45) is 0 Å². The van der Waals surface area contributed by atoms with Gasteiger partial charge in [-0.3, -0.25) is 0 Å². The first kappa shape index (κ1) is 10.3. The van der Waals surface area contributed by atoms with Gasteiger partial charge in [0.1, 0.15) is 0 Å². The van der Waals surface area contributed by atoms with Gasteiger partial charge in [0, 0.05) is 17.1 Å². The number of hydrogen-bond acceptors (Lipinski definition) is 0. The summed E-state index contributed by atoms with van der Waals surface area (Å²) < 4.78 is 0. The predicted octanol–water partition coefficient (Wildman–Crippen LogP) is 4.16. The van der Waals surface area contributed by atoms with Crippen molar-refractivity contribution >= 4 is 10.9 Å². The quantitative estimate of drug-likeness (QED) is 0.750. The molecule has 1 nitrogen and oxygen atoms in total. The van der Waals surface area contributed by atoms with Gasteiger partial charge in [-0.15, -0.1) is 0 Å². The minimum absolute atomic E-state index is 0.271. The first-order chi connectivity index (χ1) is 7.04. The zero-order chi connectivity index (χ0) is 11.1. The topological polar surface area (TPSA) is 15.8 Å². The molecule has 1 heteroatoms. The lowest BCUT2D eigenvalue weighted by atomic mass is 9.82. The van der Waals surface area contributed by atoms with Gasteiger partial charge in [0.2, 0.25) is 0 Å². The van der Waals surface area contributed by atoms with Gasteiger partial charge in [-0.1, -0.05) is 32.9 Å². The van der Waals surface area contributed by atoms with Crippen LogP contribution in [0.1, 0.15) is 38.3 Å². The maximum absolute atomic E-state index is 3.32. The van der Waals surface area contributed by atoms with Crippen molar-refractivity contribution < 1.29 is 0 Å². The van der Waals surface area contributed by atoms with Gasteiger partial charge in [0.05, 0.1) is 0 Å². The Labute approximate surface area is 91.5 Å². The lowest BCUT2D eigenvalue weighted by molar-refractivity contribution is 0.507. The Bertz CT molecular complexity index is 477. The summed E-state index contributed by atoms with van der Waals surface area (Å²) >= 11 is 0. The number of benzene rings is 1. The maximum Gasteiger partial charge on any atom is 0.0459 e. The van der Waals surface area contributed by atoms with Gasteiger partial charge in [-0.25, -0.2) is 0 Å². The van der Waals surface area contributed by atoms with Crippen LogP contribution in [0.3, 0.4) is 0 Å². The van der Waals surface area contributed by atoms with Crippen molar-refractivity contribution in [3.63, 3.8) is 0 Å². The predicted molar refractivity (Wildman–Crippen MR) is 66.4 cm³/mol. The molecule has 0 spiro atoms. The molecule has 0 atom stereocenters. The Kier molecular flexibility index (Phi) is 2.34. The highest BCUT2D eigenvalue weighted by Crippen LogP contribution is 2.29. The normalized spacial score (nSPS) is 12.3. The summed E-state index contributed by atoms with van der Waals surface area (Å²) in [6.07, 6.45) is 3.24. The zero-order valence-corrected chi connectivity index (χ0v) is 10.0. The van der Waals surface area contributed by atoms with Crippen LogP contribution in [0.25, 0.3) is 10.9 Å². The Morgan fingerprint density at radius 3 is 2.67 bits per heavy atom. The number of aryl methyl sites for hydroxylation is 1. The van der Waals surface area contributed by atoms with Gasteiger partial charge in [0.15, 0.2) is 0 Å². The highest BCUT2D eigenvalue weighted by molar-refractivity contribution is 5.83. The zero-order valence-electron chi connectivity index (χ0n) is 10.0. The average Bonchev–Trinajstić information content (AvgIpc) is 2.60. The number of aromatic nitrogens is 1. The van der Waals surface area contributed by atoms with Crippen LogP contribution in [0.15, 0.2) is 24.4 Å². The first-order valence-corrected chi connectivity index (χ1v) is 5.63. The summed E-state index contributed by atoms with van der Waals surface area (Å²) in [6, 6.07) is 6.77. The van der Waals surface area contributed by atoms with E-state index in [0.717, 1.165) is 6.42 Å². The van der Waals surface area contributed by atoms with Crippen LogP contribution in [0, 0.1) is 6.92 Å². The number of H-pyrrole nitrogens is 1. The molecule has 2 aromatic rings. The fraction of sp³-hybridized carbons (Fsp3) is 0.429. The maximum atomic E-state index is 3.32. The van der Waals surface area contributed by atoms with E-state index in [1.165, 1.54) is 22.0 Å². The van der Waals surface area contributed by atoms with E-state index in [1.54, 1.807) is 0 Å². The largest absolute Gasteiger partial charge is 0.361 e. The van der Waals surface area contributed by atoms with E-state index in [9.17, 15) is 0 Å². The molecule has 1 aromatic carbocycles. The molecule has 0 saturated carbocycles. The lowest BCUT2D eigenvalue weighted by Crippen LogP contribution is -2.15. The molecule has 0 bridgehead atoms. The van der Waals surface area contributed by atoms with Gasteiger partial charge < -0.3 is 4.98 Å². The third-order valence-corrected chi connectivity index (χ3v) is 3.55. The standard InChI is InChI=1S/C14H19N/c1-5-14(3,4)11-6-7-12-10(2)9-15-13(12)8-11/h6-9,15H,5H2,1-4H3. The molecule has 0 unspecified atom stereocenters. The lowest BCUT2D eigenvalue weighted by Gasteiger charge is -2.23. The van der Waals surface area contributed by atoms with Gasteiger partial charge >= 0.3 is 0 Å². The van der Waals surface area contributed by atoms with Crippen LogP contribution < -0.4 is 0 Å². The molecule has 0 fully saturated rings. The summed E-state index contributed by atoms with van der Waals surface area (Å²) in [7, 11) is 0. The SMILES string of the molecule is CCC(C)(C)c1ccc2c(C)c[nH]c2c1. The molecule has 0 amide bonds. The number of aromatic amines is 1. The molecule has 1 aromatic heterocycles.